The van der Waals surface area contributed by atoms with Crippen molar-refractivity contribution in [2.24, 2.45) is 66.8 Å². The van der Waals surface area contributed by atoms with Crippen LogP contribution in [0.1, 0.15) is 96.6 Å². The molecule has 0 aliphatic carbocycles. The summed E-state index contributed by atoms with van der Waals surface area (Å²) < 4.78 is -1.46. The third kappa shape index (κ3) is 26.5. The summed E-state index contributed by atoms with van der Waals surface area (Å²) in [7, 11) is 1.96. The molecular weight excluding hydrogens is 1260 g/mol. The molecule has 94 heavy (non-hydrogen) atoms. The van der Waals surface area contributed by atoms with Crippen molar-refractivity contribution in [1.29, 1.82) is 0 Å². The highest BCUT2D eigenvalue weighted by Gasteiger charge is 2.43. The molecule has 2 aliphatic rings. The summed E-state index contributed by atoms with van der Waals surface area (Å²) in [6, 6.07) is 2.28. The fraction of sp³-hybridized carbons (Fsp3) is 0.559. The van der Waals surface area contributed by atoms with Crippen molar-refractivity contribution >= 4 is 104 Å². The van der Waals surface area contributed by atoms with Gasteiger partial charge in [0.15, 0.2) is 17.9 Å². The van der Waals surface area contributed by atoms with Gasteiger partial charge in [0.25, 0.3) is 0 Å². The number of carbonyl (C=O) groups is 11. The zero-order chi connectivity index (χ0) is 69.7. The lowest BCUT2D eigenvalue weighted by molar-refractivity contribution is -0.142. The molecule has 0 unspecified atom stereocenters. The predicted octanol–water partition coefficient (Wildman–Crippen LogP) is -5.01. The summed E-state index contributed by atoms with van der Waals surface area (Å²) in [5.41, 5.74) is 46.8. The van der Waals surface area contributed by atoms with Crippen LogP contribution in [0, 0.1) is 5.92 Å². The summed E-state index contributed by atoms with van der Waals surface area (Å²) in [5.74, 6) is -10.6. The number of aromatic hydroxyl groups is 1. The Hall–Kier alpha value is -9.12. The Morgan fingerprint density at radius 2 is 1.19 bits per heavy atom. The maximum Gasteiger partial charge on any atom is 0.245 e. The summed E-state index contributed by atoms with van der Waals surface area (Å²) in [4.78, 5) is 169. The van der Waals surface area contributed by atoms with E-state index in [0.29, 0.717) is 24.0 Å². The Bertz CT molecular complexity index is 3020. The number of fused-ring (bicyclic) bond motifs is 1. The number of guanidine groups is 3. The highest BCUT2D eigenvalue weighted by molar-refractivity contribution is 8.77. The minimum Gasteiger partial charge on any atom is -0.508 e. The van der Waals surface area contributed by atoms with Crippen LogP contribution in [-0.2, 0) is 65.6 Å². The molecule has 26 N–H and O–H groups in total. The number of amides is 11. The summed E-state index contributed by atoms with van der Waals surface area (Å²) in [6.07, 6.45) is 0.818. The zero-order valence-electron chi connectivity index (χ0n) is 53.4. The highest BCUT2D eigenvalue weighted by Crippen LogP contribution is 2.39. The van der Waals surface area contributed by atoms with Gasteiger partial charge in [0, 0.05) is 43.1 Å². The van der Waals surface area contributed by atoms with E-state index < -0.39 is 143 Å². The third-order valence-corrected chi connectivity index (χ3v) is 18.6. The molecule has 4 rings (SSSR count). The summed E-state index contributed by atoms with van der Waals surface area (Å²) in [5, 5.41) is 33.5. The first-order valence-electron chi connectivity index (χ1n) is 30.8. The minimum absolute atomic E-state index is 0.00159. The van der Waals surface area contributed by atoms with E-state index in [-0.39, 0.29) is 113 Å². The zero-order valence-corrected chi connectivity index (χ0v) is 55.0. The van der Waals surface area contributed by atoms with Gasteiger partial charge in [-0.1, -0.05) is 84.3 Å². The Morgan fingerprint density at radius 1 is 0.660 bits per heavy atom. The van der Waals surface area contributed by atoms with Crippen molar-refractivity contribution in [1.82, 2.24) is 52.8 Å². The molecule has 11 amide bonds. The molecule has 2 aromatic carbocycles. The van der Waals surface area contributed by atoms with Gasteiger partial charge in [0.2, 0.25) is 65.0 Å². The molecule has 0 spiro atoms. The summed E-state index contributed by atoms with van der Waals surface area (Å²) in [6.45, 7) is 5.47. The fourth-order valence-electron chi connectivity index (χ4n) is 9.94. The highest BCUT2D eigenvalue weighted by atomic mass is 33.1. The molecule has 0 saturated carbocycles. The quantitative estimate of drug-likeness (QED) is 0.0172. The number of nitrogens with zero attached hydrogens (tertiary/aromatic N) is 4. The third-order valence-electron chi connectivity index (χ3n) is 15.3. The van der Waals surface area contributed by atoms with E-state index in [9.17, 15) is 53.1 Å². The van der Waals surface area contributed by atoms with Gasteiger partial charge in [-0.15, -0.1) is 0 Å². The Balaban J connectivity index is 1.78. The first-order valence-corrected chi connectivity index (χ1v) is 33.1. The standard InChI is InChI=1S/C59H93N21O12S2/c1-5-32(2)45-53(90)76-39(17-11-25-70-58(66)67)55(92)80-26-12-18-42(80)52(89)77-41(47(61)84)31-93-94-59(3,4)46(54(91)75-37(15-9-23-68-56(62)63)49(86)74-38(50(87)78-45)16-10-24-69-57(64)65)79-51(88)40(28-33-13-7-6-8-14-33)73-44(83)30-71-43(82)29-72-48(85)36(60)27-34-19-21-35(81)22-20-34/h6-8,13-14,19-22,32,36-42,45-46,81H,5,9-12,15-18,23-31,60H2,1-4H3,(H2,61,84)(H,71,82)(H,72,85)(H,73,83)(H,74,86)(H,75,91)(H,76,90)(H,77,89)(H,78,87)(H,79,88)(H4,62,63,68)(H4,64,65,69)(H4,66,67,70)/t32-,36-,37-,38-,39-,40-,41-,42-,45-,46-/m0/s1. The van der Waals surface area contributed by atoms with Gasteiger partial charge in [-0.25, -0.2) is 0 Å². The van der Waals surface area contributed by atoms with Gasteiger partial charge < -0.3 is 104 Å². The maximum atomic E-state index is 15.3. The second-order valence-electron chi connectivity index (χ2n) is 23.2. The number of hydrogen-bond donors (Lipinski definition) is 18. The number of aliphatic imine (C=N–C) groups is 3. The molecule has 10 atom stereocenters. The lowest BCUT2D eigenvalue weighted by Crippen LogP contribution is -2.63. The van der Waals surface area contributed by atoms with Crippen LogP contribution in [0.3, 0.4) is 0 Å². The second kappa shape index (κ2) is 38.8. The lowest BCUT2D eigenvalue weighted by atomic mass is 9.96. The van der Waals surface area contributed by atoms with Crippen LogP contribution in [0.5, 0.6) is 5.75 Å². The lowest BCUT2D eigenvalue weighted by Gasteiger charge is -2.35. The molecule has 0 bridgehead atoms. The van der Waals surface area contributed by atoms with E-state index >= 15 is 4.79 Å². The van der Waals surface area contributed by atoms with Crippen molar-refractivity contribution < 1.29 is 57.8 Å². The molecule has 2 aliphatic heterocycles. The summed E-state index contributed by atoms with van der Waals surface area (Å²) >= 11 is 0. The molecule has 33 nitrogen and oxygen atoms in total. The number of phenolic OH excluding ortho intramolecular Hbond substituents is 1. The van der Waals surface area contributed by atoms with Crippen LogP contribution in [-0.4, -0.2) is 197 Å². The van der Waals surface area contributed by atoms with E-state index in [0.717, 1.165) is 21.6 Å². The van der Waals surface area contributed by atoms with E-state index in [1.165, 1.54) is 17.0 Å². The van der Waals surface area contributed by atoms with Crippen molar-refractivity contribution in [2.75, 3.05) is 45.0 Å². The van der Waals surface area contributed by atoms with Crippen LogP contribution in [0.4, 0.5) is 0 Å². The first kappa shape index (κ1) is 77.3. The largest absolute Gasteiger partial charge is 0.508 e. The van der Waals surface area contributed by atoms with E-state index in [4.69, 9.17) is 45.9 Å². The topological polar surface area (TPSA) is 565 Å². The smallest absolute Gasteiger partial charge is 0.245 e. The van der Waals surface area contributed by atoms with Gasteiger partial charge in [0.1, 0.15) is 54.1 Å². The number of carbonyl (C=O) groups excluding carboxylic acids is 11. The second-order valence-corrected chi connectivity index (χ2v) is 26.2. The SMILES string of the molecule is CC[C@H](C)[C@@H]1NC(=O)[C@H](CCCN=C(N)N)NC(=O)[C@H](CCCN=C(N)N)NC(=O)[C@H](NC(=O)[C@H](Cc2ccccc2)NC(=O)CNC(=O)CNC(=O)[C@@H](N)Cc2ccc(O)cc2)C(C)(C)SSC[C@@H](C(N)=O)NC(=O)[C@@H]2CCCN2C(=O)[C@H](CCCN=C(N)N)NC1=O. The van der Waals surface area contributed by atoms with Crippen molar-refractivity contribution in [3.8, 4) is 5.75 Å². The Morgan fingerprint density at radius 3 is 1.76 bits per heavy atom. The van der Waals surface area contributed by atoms with E-state index in [1.54, 1.807) is 70.2 Å². The molecule has 0 aromatic heterocycles. The Labute approximate surface area is 553 Å². The number of phenols is 1. The van der Waals surface area contributed by atoms with Gasteiger partial charge in [0.05, 0.1) is 19.1 Å². The maximum absolute atomic E-state index is 15.3. The molecule has 2 saturated heterocycles. The normalized spacial score (nSPS) is 21.7. The van der Waals surface area contributed by atoms with E-state index in [2.05, 4.69) is 62.8 Å². The van der Waals surface area contributed by atoms with Crippen LogP contribution < -0.4 is 93.7 Å². The molecule has 0 radical (unpaired) electrons. The number of rotatable bonds is 27. The van der Waals surface area contributed by atoms with Gasteiger partial charge >= 0.3 is 0 Å². The predicted molar refractivity (Wildman–Crippen MR) is 357 cm³/mol. The van der Waals surface area contributed by atoms with Crippen molar-refractivity contribution in [3.63, 3.8) is 0 Å². The monoisotopic (exact) mass is 1350 g/mol. The Kier molecular flexibility index (Phi) is 31.9. The fourth-order valence-corrected chi connectivity index (χ4v) is 12.8. The molecular formula is C59H93N21O12S2. The van der Waals surface area contributed by atoms with Crippen molar-refractivity contribution in [2.45, 2.75) is 157 Å². The average molecular weight is 1350 g/mol. The first-order chi connectivity index (χ1) is 44.5. The van der Waals surface area contributed by atoms with Crippen LogP contribution in [0.2, 0.25) is 0 Å². The van der Waals surface area contributed by atoms with Gasteiger partial charge in [-0.05, 0) is 101 Å². The molecule has 2 aromatic rings. The van der Waals surface area contributed by atoms with Crippen LogP contribution in [0.25, 0.3) is 0 Å². The number of nitrogens with one attached hydrogen (secondary N) is 9. The van der Waals surface area contributed by atoms with E-state index in [1.807, 2.05) is 0 Å². The average Bonchev–Trinajstić information content (AvgIpc) is 1.73. The molecule has 518 valence electrons. The number of nitrogens with two attached hydrogens (primary N) is 8. The number of benzene rings is 2. The van der Waals surface area contributed by atoms with Crippen molar-refractivity contribution in [3.05, 3.63) is 65.7 Å². The minimum atomic E-state index is -1.65. The number of primary amides is 1. The van der Waals surface area contributed by atoms with Gasteiger partial charge in [-0.2, -0.15) is 0 Å². The van der Waals surface area contributed by atoms with Gasteiger partial charge in [-0.3, -0.25) is 67.7 Å². The molecule has 35 heteroatoms. The molecule has 2 fully saturated rings. The van der Waals surface area contributed by atoms with Crippen LogP contribution in [0.15, 0.2) is 69.6 Å². The molecule has 2 heterocycles. The van der Waals surface area contributed by atoms with Crippen LogP contribution >= 0.6 is 21.6 Å². The number of hydrogen-bond acceptors (Lipinski definition) is 18.